The molecule has 0 amide bonds. The van der Waals surface area contributed by atoms with Crippen LogP contribution in [0, 0.1) is 0 Å². The summed E-state index contributed by atoms with van der Waals surface area (Å²) in [6.07, 6.45) is 24.5. The quantitative estimate of drug-likeness (QED) is 0.0799. The first-order chi connectivity index (χ1) is 22.4. The highest BCUT2D eigenvalue weighted by atomic mass is 16.3. The second kappa shape index (κ2) is 23.1. The Morgan fingerprint density at radius 2 is 0.674 bits per heavy atom. The summed E-state index contributed by atoms with van der Waals surface area (Å²) in [6, 6.07) is 4.15. The molecule has 0 aliphatic carbocycles. The molecule has 0 aliphatic rings. The minimum atomic E-state index is 0.111. The van der Waals surface area contributed by atoms with Crippen LogP contribution in [0.4, 0.5) is 0 Å². The summed E-state index contributed by atoms with van der Waals surface area (Å²) in [5.74, 6) is 1.01. The number of phenols is 2. The van der Waals surface area contributed by atoms with E-state index in [2.05, 4.69) is 53.7 Å². The molecule has 0 radical (unpaired) electrons. The van der Waals surface area contributed by atoms with E-state index in [-0.39, 0.29) is 5.78 Å². The van der Waals surface area contributed by atoms with E-state index in [1.165, 1.54) is 0 Å². The molecule has 0 bridgehead atoms. The van der Waals surface area contributed by atoms with Crippen LogP contribution >= 0.6 is 0 Å². The van der Waals surface area contributed by atoms with Crippen LogP contribution < -0.4 is 0 Å². The molecule has 260 valence electrons. The Morgan fingerprint density at radius 1 is 0.413 bits per heavy atom. The maximum atomic E-state index is 15.1. The fraction of sp³-hybridized carbons (Fsp3) is 0.698. The fourth-order valence-corrected chi connectivity index (χ4v) is 7.04. The molecule has 0 heterocycles. The number of benzene rings is 2. The Bertz CT molecular complexity index is 1070. The van der Waals surface area contributed by atoms with Gasteiger partial charge in [-0.25, -0.2) is 0 Å². The van der Waals surface area contributed by atoms with Gasteiger partial charge in [-0.15, -0.1) is 0 Å². The molecule has 2 aromatic carbocycles. The van der Waals surface area contributed by atoms with Crippen molar-refractivity contribution >= 4 is 5.78 Å². The molecule has 0 spiro atoms. The second-order valence-electron chi connectivity index (χ2n) is 13.8. The highest BCUT2D eigenvalue weighted by Gasteiger charge is 2.27. The van der Waals surface area contributed by atoms with Gasteiger partial charge in [0.1, 0.15) is 11.5 Å². The van der Waals surface area contributed by atoms with Crippen LogP contribution in [0.25, 0.3) is 0 Å². The van der Waals surface area contributed by atoms with Gasteiger partial charge in [0.2, 0.25) is 0 Å². The molecule has 2 rings (SSSR count). The van der Waals surface area contributed by atoms with E-state index < -0.39 is 0 Å². The minimum Gasteiger partial charge on any atom is -0.507 e. The lowest BCUT2D eigenvalue weighted by Crippen LogP contribution is -2.15. The van der Waals surface area contributed by atoms with Crippen LogP contribution in [0.15, 0.2) is 12.1 Å². The van der Waals surface area contributed by atoms with Crippen molar-refractivity contribution in [1.82, 2.24) is 0 Å². The predicted molar refractivity (Wildman–Crippen MR) is 199 cm³/mol. The Hall–Kier alpha value is -2.29. The number of unbranched alkanes of at least 4 members (excludes halogenated alkanes) is 12. The van der Waals surface area contributed by atoms with E-state index in [0.29, 0.717) is 11.5 Å². The van der Waals surface area contributed by atoms with Gasteiger partial charge in [-0.3, -0.25) is 4.79 Å². The summed E-state index contributed by atoms with van der Waals surface area (Å²) >= 11 is 0. The third-order valence-electron chi connectivity index (χ3n) is 9.91. The fourth-order valence-electron chi connectivity index (χ4n) is 7.04. The molecule has 2 aromatic rings. The van der Waals surface area contributed by atoms with Crippen molar-refractivity contribution in [1.29, 1.82) is 0 Å². The van der Waals surface area contributed by atoms with Gasteiger partial charge in [-0.1, -0.05) is 119 Å². The molecule has 3 heteroatoms. The van der Waals surface area contributed by atoms with Crippen LogP contribution in [-0.4, -0.2) is 16.0 Å². The summed E-state index contributed by atoms with van der Waals surface area (Å²) in [5.41, 5.74) is 7.74. The third-order valence-corrected chi connectivity index (χ3v) is 9.91. The Labute approximate surface area is 284 Å². The Morgan fingerprint density at radius 3 is 0.957 bits per heavy atom. The van der Waals surface area contributed by atoms with Gasteiger partial charge in [0.15, 0.2) is 5.78 Å². The van der Waals surface area contributed by atoms with Crippen molar-refractivity contribution in [2.24, 2.45) is 0 Å². The van der Waals surface area contributed by atoms with Crippen LogP contribution in [-0.2, 0) is 38.5 Å². The van der Waals surface area contributed by atoms with E-state index in [0.717, 1.165) is 199 Å². The van der Waals surface area contributed by atoms with Crippen molar-refractivity contribution in [3.8, 4) is 11.5 Å². The first kappa shape index (κ1) is 39.9. The molecule has 0 aliphatic heterocycles. The lowest BCUT2D eigenvalue weighted by Gasteiger charge is -2.23. The molecule has 0 atom stereocenters. The minimum absolute atomic E-state index is 0.111. The molecule has 0 aromatic heterocycles. The van der Waals surface area contributed by atoms with Crippen molar-refractivity contribution < 1.29 is 15.0 Å². The average molecular weight is 635 g/mol. The molecule has 3 nitrogen and oxygen atoms in total. The highest BCUT2D eigenvalue weighted by Crippen LogP contribution is 2.38. The normalized spacial score (nSPS) is 11.4. The van der Waals surface area contributed by atoms with E-state index in [1.54, 1.807) is 0 Å². The number of ketones is 1. The monoisotopic (exact) mass is 635 g/mol. The van der Waals surface area contributed by atoms with Gasteiger partial charge in [-0.2, -0.15) is 0 Å². The van der Waals surface area contributed by atoms with Crippen LogP contribution in [0.2, 0.25) is 0 Å². The van der Waals surface area contributed by atoms with Crippen LogP contribution in [0.5, 0.6) is 11.5 Å². The first-order valence-corrected chi connectivity index (χ1v) is 19.7. The Balaban J connectivity index is 2.87. The van der Waals surface area contributed by atoms with Gasteiger partial charge < -0.3 is 10.2 Å². The van der Waals surface area contributed by atoms with Crippen molar-refractivity contribution in [3.63, 3.8) is 0 Å². The van der Waals surface area contributed by atoms with Crippen LogP contribution in [0.1, 0.15) is 206 Å². The van der Waals surface area contributed by atoms with Crippen LogP contribution in [0.3, 0.4) is 0 Å². The number of carbonyl (C=O) groups excluding carboxylic acids is 1. The molecule has 0 fully saturated rings. The molecular weight excluding hydrogens is 564 g/mol. The summed E-state index contributed by atoms with van der Waals surface area (Å²) in [4.78, 5) is 15.1. The van der Waals surface area contributed by atoms with Gasteiger partial charge in [0, 0.05) is 11.1 Å². The van der Waals surface area contributed by atoms with Crippen molar-refractivity contribution in [2.75, 3.05) is 0 Å². The first-order valence-electron chi connectivity index (χ1n) is 19.7. The predicted octanol–water partition coefficient (Wildman–Crippen LogP) is 12.7. The number of rotatable bonds is 26. The van der Waals surface area contributed by atoms with Crippen molar-refractivity contribution in [2.45, 2.75) is 196 Å². The van der Waals surface area contributed by atoms with Gasteiger partial charge in [0.05, 0.1) is 0 Å². The van der Waals surface area contributed by atoms with E-state index in [4.69, 9.17) is 0 Å². The topological polar surface area (TPSA) is 57.5 Å². The number of carbonyl (C=O) groups is 1. The highest BCUT2D eigenvalue weighted by molar-refractivity contribution is 6.12. The van der Waals surface area contributed by atoms with Gasteiger partial charge in [0.25, 0.3) is 0 Å². The molecule has 0 saturated heterocycles. The lowest BCUT2D eigenvalue weighted by molar-refractivity contribution is 0.103. The molecule has 46 heavy (non-hydrogen) atoms. The molecule has 0 saturated carbocycles. The largest absolute Gasteiger partial charge is 0.507 e. The zero-order valence-corrected chi connectivity index (χ0v) is 30.9. The van der Waals surface area contributed by atoms with Gasteiger partial charge in [-0.05, 0) is 123 Å². The maximum absolute atomic E-state index is 15.1. The smallest absolute Gasteiger partial charge is 0.193 e. The number of aryl methyl sites for hydroxylation is 2. The lowest BCUT2D eigenvalue weighted by atomic mass is 9.82. The average Bonchev–Trinajstić information content (AvgIpc) is 3.05. The van der Waals surface area contributed by atoms with Crippen molar-refractivity contribution in [3.05, 3.63) is 56.6 Å². The number of phenolic OH excluding ortho intramolecular Hbond substituents is 2. The Kier molecular flexibility index (Phi) is 20.0. The zero-order chi connectivity index (χ0) is 33.7. The van der Waals surface area contributed by atoms with E-state index >= 15 is 4.79 Å². The van der Waals surface area contributed by atoms with E-state index in [1.807, 2.05) is 0 Å². The molecule has 2 N–H and O–H groups in total. The molecule has 0 unspecified atom stereocenters. The van der Waals surface area contributed by atoms with E-state index in [9.17, 15) is 10.2 Å². The number of hydrogen-bond donors (Lipinski definition) is 2. The summed E-state index contributed by atoms with van der Waals surface area (Å²) < 4.78 is 0. The zero-order valence-electron chi connectivity index (χ0n) is 30.9. The summed E-state index contributed by atoms with van der Waals surface area (Å²) in [6.45, 7) is 13.3. The summed E-state index contributed by atoms with van der Waals surface area (Å²) in [5, 5.41) is 23.4. The maximum Gasteiger partial charge on any atom is 0.193 e. The second-order valence-corrected chi connectivity index (χ2v) is 13.8. The number of hydrogen-bond acceptors (Lipinski definition) is 3. The SMILES string of the molecule is CCCCCc1cc(C(=O)c2cc(CCCCC)c(O)c(CCCCC)c2CCCCC)c(CCCCC)c(CCCCC)c1O. The standard InChI is InChI=1S/C43H70O3/c1-7-13-19-25-33-31-39(35(27-21-15-9-3)37(41(33)44)29-23-17-11-5)43(46)40-32-34(26-20-14-8-2)42(45)38(30-24-18-12-6)36(40)28-22-16-10-4/h31-32,44-45H,7-30H2,1-6H3. The molecular formula is C43H70O3. The summed E-state index contributed by atoms with van der Waals surface area (Å²) in [7, 11) is 0. The number of aromatic hydroxyl groups is 2. The van der Waals surface area contributed by atoms with Gasteiger partial charge >= 0.3 is 0 Å². The third kappa shape index (κ3) is 12.1.